The standard InChI is InChI=1S/C20H24N2O2.ClH/c1-14-9-11-16(12-10-14)24-19-8-3-2-7-18(19)22-20(23)17-6-4-5-15(17)13-21;/h2-3,7-12,15,17H,4-6,13,21H2,1H3,(H,22,23);1H/t15-,17-;/m1./s1. The smallest absolute Gasteiger partial charge is 0.227 e. The summed E-state index contributed by atoms with van der Waals surface area (Å²) in [6.45, 7) is 2.60. The van der Waals surface area contributed by atoms with Gasteiger partial charge in [0.15, 0.2) is 5.75 Å². The van der Waals surface area contributed by atoms with Crippen molar-refractivity contribution in [3.05, 3.63) is 54.1 Å². The molecule has 0 heterocycles. The number of hydrogen-bond acceptors (Lipinski definition) is 3. The Labute approximate surface area is 155 Å². The molecule has 1 saturated carbocycles. The van der Waals surface area contributed by atoms with E-state index < -0.39 is 0 Å². The highest BCUT2D eigenvalue weighted by Crippen LogP contribution is 2.34. The van der Waals surface area contributed by atoms with Gasteiger partial charge in [0.1, 0.15) is 5.75 Å². The first-order chi connectivity index (χ1) is 11.7. The Hall–Kier alpha value is -2.04. The first-order valence-corrected chi connectivity index (χ1v) is 8.52. The summed E-state index contributed by atoms with van der Waals surface area (Å²) in [6.07, 6.45) is 3.02. The average Bonchev–Trinajstić information content (AvgIpc) is 3.07. The third kappa shape index (κ3) is 4.74. The Bertz CT molecular complexity index is 703. The van der Waals surface area contributed by atoms with Crippen molar-refractivity contribution in [2.45, 2.75) is 26.2 Å². The first-order valence-electron chi connectivity index (χ1n) is 8.52. The molecule has 0 aromatic heterocycles. The van der Waals surface area contributed by atoms with Crippen LogP contribution in [0.25, 0.3) is 0 Å². The maximum Gasteiger partial charge on any atom is 0.227 e. The van der Waals surface area contributed by atoms with Gasteiger partial charge in [-0.25, -0.2) is 0 Å². The van der Waals surface area contributed by atoms with Crippen LogP contribution in [0, 0.1) is 18.8 Å². The summed E-state index contributed by atoms with van der Waals surface area (Å²) in [6, 6.07) is 15.4. The molecular weight excluding hydrogens is 336 g/mol. The van der Waals surface area contributed by atoms with Gasteiger partial charge in [-0.15, -0.1) is 12.4 Å². The molecule has 2 atom stereocenters. The topological polar surface area (TPSA) is 64.3 Å². The van der Waals surface area contributed by atoms with Gasteiger partial charge in [0.05, 0.1) is 5.69 Å². The van der Waals surface area contributed by atoms with Crippen molar-refractivity contribution in [2.75, 3.05) is 11.9 Å². The van der Waals surface area contributed by atoms with Crippen LogP contribution in [0.5, 0.6) is 11.5 Å². The van der Waals surface area contributed by atoms with Crippen molar-refractivity contribution in [3.63, 3.8) is 0 Å². The molecule has 0 aliphatic heterocycles. The molecule has 2 aromatic rings. The number of ether oxygens (including phenoxy) is 1. The molecule has 0 saturated heterocycles. The minimum atomic E-state index is 0. The number of hydrogen-bond donors (Lipinski definition) is 2. The van der Waals surface area contributed by atoms with E-state index in [0.717, 1.165) is 25.0 Å². The van der Waals surface area contributed by atoms with Crippen LogP contribution in [0.15, 0.2) is 48.5 Å². The number of anilines is 1. The van der Waals surface area contributed by atoms with Crippen molar-refractivity contribution in [3.8, 4) is 11.5 Å². The van der Waals surface area contributed by atoms with Crippen LogP contribution in [0.1, 0.15) is 24.8 Å². The quantitative estimate of drug-likeness (QED) is 0.823. The number of amides is 1. The zero-order valence-corrected chi connectivity index (χ0v) is 15.2. The molecule has 0 bridgehead atoms. The van der Waals surface area contributed by atoms with E-state index in [1.807, 2.05) is 55.5 Å². The minimum absolute atomic E-state index is 0. The molecule has 134 valence electrons. The van der Waals surface area contributed by atoms with Gasteiger partial charge in [0, 0.05) is 5.92 Å². The van der Waals surface area contributed by atoms with E-state index in [0.29, 0.717) is 18.0 Å². The summed E-state index contributed by atoms with van der Waals surface area (Å²) in [5.41, 5.74) is 7.67. The van der Waals surface area contributed by atoms with Crippen LogP contribution in [0.2, 0.25) is 0 Å². The van der Waals surface area contributed by atoms with Crippen LogP contribution in [0.4, 0.5) is 5.69 Å². The maximum absolute atomic E-state index is 12.6. The zero-order valence-electron chi connectivity index (χ0n) is 14.4. The number of carbonyl (C=O) groups is 1. The molecule has 0 unspecified atom stereocenters. The lowest BCUT2D eigenvalue weighted by Gasteiger charge is -2.19. The molecular formula is C20H25ClN2O2. The van der Waals surface area contributed by atoms with Crippen LogP contribution >= 0.6 is 12.4 Å². The highest BCUT2D eigenvalue weighted by molar-refractivity contribution is 5.94. The Morgan fingerprint density at radius 3 is 2.60 bits per heavy atom. The monoisotopic (exact) mass is 360 g/mol. The number of rotatable bonds is 5. The van der Waals surface area contributed by atoms with E-state index in [2.05, 4.69) is 5.32 Å². The highest BCUT2D eigenvalue weighted by Gasteiger charge is 2.32. The summed E-state index contributed by atoms with van der Waals surface area (Å²) in [4.78, 5) is 12.6. The number of para-hydroxylation sites is 2. The Balaban J connectivity index is 0.00000225. The van der Waals surface area contributed by atoms with E-state index in [1.54, 1.807) is 0 Å². The molecule has 1 aliphatic rings. The lowest BCUT2D eigenvalue weighted by atomic mass is 9.95. The first kappa shape index (κ1) is 19.3. The van der Waals surface area contributed by atoms with Crippen molar-refractivity contribution in [2.24, 2.45) is 17.6 Å². The summed E-state index contributed by atoms with van der Waals surface area (Å²) in [7, 11) is 0. The van der Waals surface area contributed by atoms with Crippen molar-refractivity contribution in [1.29, 1.82) is 0 Å². The molecule has 4 nitrogen and oxygen atoms in total. The number of halogens is 1. The van der Waals surface area contributed by atoms with Gasteiger partial charge >= 0.3 is 0 Å². The van der Waals surface area contributed by atoms with E-state index in [-0.39, 0.29) is 30.2 Å². The van der Waals surface area contributed by atoms with E-state index in [9.17, 15) is 4.79 Å². The molecule has 1 aliphatic carbocycles. The molecule has 3 N–H and O–H groups in total. The zero-order chi connectivity index (χ0) is 16.9. The lowest BCUT2D eigenvalue weighted by Crippen LogP contribution is -2.29. The van der Waals surface area contributed by atoms with E-state index >= 15 is 0 Å². The molecule has 3 rings (SSSR count). The second-order valence-corrected chi connectivity index (χ2v) is 6.43. The normalized spacial score (nSPS) is 19.1. The fourth-order valence-electron chi connectivity index (χ4n) is 3.28. The van der Waals surface area contributed by atoms with E-state index in [1.165, 1.54) is 5.56 Å². The predicted octanol–water partition coefficient (Wildman–Crippen LogP) is 4.52. The number of benzene rings is 2. The average molecular weight is 361 g/mol. The molecule has 1 amide bonds. The molecule has 0 spiro atoms. The van der Waals surface area contributed by atoms with Crippen LogP contribution in [-0.2, 0) is 4.79 Å². The van der Waals surface area contributed by atoms with Crippen LogP contribution < -0.4 is 15.8 Å². The number of nitrogens with two attached hydrogens (primary N) is 1. The summed E-state index contributed by atoms with van der Waals surface area (Å²) in [5.74, 6) is 1.74. The molecule has 0 radical (unpaired) electrons. The highest BCUT2D eigenvalue weighted by atomic mass is 35.5. The molecule has 1 fully saturated rings. The number of aryl methyl sites for hydroxylation is 1. The van der Waals surface area contributed by atoms with Gasteiger partial charge in [-0.2, -0.15) is 0 Å². The second-order valence-electron chi connectivity index (χ2n) is 6.43. The Morgan fingerprint density at radius 1 is 1.16 bits per heavy atom. The van der Waals surface area contributed by atoms with Gasteiger partial charge in [0.25, 0.3) is 0 Å². The van der Waals surface area contributed by atoms with Crippen LogP contribution in [-0.4, -0.2) is 12.5 Å². The summed E-state index contributed by atoms with van der Waals surface area (Å²) >= 11 is 0. The maximum atomic E-state index is 12.6. The van der Waals surface area contributed by atoms with E-state index in [4.69, 9.17) is 10.5 Å². The van der Waals surface area contributed by atoms with Crippen LogP contribution in [0.3, 0.4) is 0 Å². The summed E-state index contributed by atoms with van der Waals surface area (Å²) in [5, 5.41) is 3.03. The van der Waals surface area contributed by atoms with Gasteiger partial charge in [0.2, 0.25) is 5.91 Å². The third-order valence-electron chi connectivity index (χ3n) is 4.69. The second kappa shape index (κ2) is 8.88. The van der Waals surface area contributed by atoms with Gasteiger partial charge in [-0.1, -0.05) is 36.2 Å². The number of nitrogens with one attached hydrogen (secondary N) is 1. The van der Waals surface area contributed by atoms with Gasteiger partial charge in [-0.05, 0) is 56.5 Å². The van der Waals surface area contributed by atoms with Gasteiger partial charge < -0.3 is 15.8 Å². The van der Waals surface area contributed by atoms with Gasteiger partial charge in [-0.3, -0.25) is 4.79 Å². The molecule has 2 aromatic carbocycles. The lowest BCUT2D eigenvalue weighted by molar-refractivity contribution is -0.120. The van der Waals surface area contributed by atoms with Crippen molar-refractivity contribution >= 4 is 24.0 Å². The Morgan fingerprint density at radius 2 is 1.88 bits per heavy atom. The fourth-order valence-corrected chi connectivity index (χ4v) is 3.28. The van der Waals surface area contributed by atoms with Crippen molar-refractivity contribution < 1.29 is 9.53 Å². The molecule has 5 heteroatoms. The Kier molecular flexibility index (Phi) is 6.85. The fraction of sp³-hybridized carbons (Fsp3) is 0.350. The predicted molar refractivity (Wildman–Crippen MR) is 103 cm³/mol. The largest absolute Gasteiger partial charge is 0.455 e. The SMILES string of the molecule is Cc1ccc(Oc2ccccc2NC(=O)[C@@H]2CCC[C@@H]2CN)cc1.Cl. The number of carbonyl (C=O) groups excluding carboxylic acids is 1. The van der Waals surface area contributed by atoms with Crippen molar-refractivity contribution in [1.82, 2.24) is 0 Å². The summed E-state index contributed by atoms with van der Waals surface area (Å²) < 4.78 is 5.94. The minimum Gasteiger partial charge on any atom is -0.455 e. The third-order valence-corrected chi connectivity index (χ3v) is 4.69. The molecule has 25 heavy (non-hydrogen) atoms.